The van der Waals surface area contributed by atoms with Gasteiger partial charge in [-0.15, -0.1) is 0 Å². The van der Waals surface area contributed by atoms with Crippen LogP contribution in [-0.4, -0.2) is 16.2 Å². The molecule has 0 radical (unpaired) electrons. The number of rotatable bonds is 2. The van der Waals surface area contributed by atoms with Gasteiger partial charge in [0.2, 0.25) is 0 Å². The number of hydrogen-bond donors (Lipinski definition) is 2. The van der Waals surface area contributed by atoms with Crippen LogP contribution in [0.2, 0.25) is 0 Å². The van der Waals surface area contributed by atoms with Gasteiger partial charge in [0.15, 0.2) is 0 Å². The third-order valence-electron chi connectivity index (χ3n) is 2.63. The summed E-state index contributed by atoms with van der Waals surface area (Å²) in [4.78, 5) is 10.6. The van der Waals surface area contributed by atoms with E-state index in [4.69, 9.17) is 15.5 Å². The third-order valence-corrected chi connectivity index (χ3v) is 2.63. The highest BCUT2D eigenvalue weighted by molar-refractivity contribution is 5.89. The molecule has 0 amide bonds. The molecule has 0 fully saturated rings. The van der Waals surface area contributed by atoms with Gasteiger partial charge < -0.3 is 10.2 Å². The summed E-state index contributed by atoms with van der Waals surface area (Å²) in [6.45, 7) is 1.95. The predicted molar refractivity (Wildman–Crippen MR) is 75.6 cm³/mol. The molecular weight excluding hydrogens is 254 g/mol. The fourth-order valence-electron chi connectivity index (χ4n) is 1.57. The Balaban J connectivity index is 0.000000204. The van der Waals surface area contributed by atoms with Gasteiger partial charge in [0, 0.05) is 0 Å². The lowest BCUT2D eigenvalue weighted by Gasteiger charge is -2.00. The van der Waals surface area contributed by atoms with Gasteiger partial charge in [-0.1, -0.05) is 25.1 Å². The minimum Gasteiger partial charge on any atom is -0.508 e. The maximum absolute atomic E-state index is 10.6. The average molecular weight is 269 g/mol. The smallest absolute Gasteiger partial charge is 0.335 e. The summed E-state index contributed by atoms with van der Waals surface area (Å²) in [5.74, 6) is -0.656. The first kappa shape index (κ1) is 15.3. The highest BCUT2D eigenvalue weighted by Gasteiger charge is 2.05. The normalized spacial score (nSPS) is 9.00. The molecule has 0 aliphatic carbocycles. The van der Waals surface area contributed by atoms with Gasteiger partial charge in [0.05, 0.1) is 17.2 Å². The van der Waals surface area contributed by atoms with Gasteiger partial charge >= 0.3 is 5.97 Å². The van der Waals surface area contributed by atoms with Crippen LogP contribution in [0.1, 0.15) is 28.4 Å². The van der Waals surface area contributed by atoms with Crippen molar-refractivity contribution in [2.24, 2.45) is 0 Å². The summed E-state index contributed by atoms with van der Waals surface area (Å²) < 4.78 is 0. The van der Waals surface area contributed by atoms with Crippen LogP contribution in [0, 0.1) is 11.3 Å². The maximum Gasteiger partial charge on any atom is 0.335 e. The molecule has 0 unspecified atom stereocenters. The molecule has 0 aromatic heterocycles. The van der Waals surface area contributed by atoms with Crippen molar-refractivity contribution in [1.82, 2.24) is 0 Å². The van der Waals surface area contributed by atoms with E-state index in [1.165, 1.54) is 12.1 Å². The Labute approximate surface area is 117 Å². The average Bonchev–Trinajstić information content (AvgIpc) is 2.48. The van der Waals surface area contributed by atoms with Crippen LogP contribution in [0.5, 0.6) is 5.75 Å². The number of phenolic OH excluding ortho intramolecular Hbond substituents is 1. The van der Waals surface area contributed by atoms with E-state index in [-0.39, 0.29) is 5.75 Å². The highest BCUT2D eigenvalue weighted by atomic mass is 16.4. The number of benzene rings is 2. The number of hydrogen-bond acceptors (Lipinski definition) is 3. The number of nitriles is 1. The second-order valence-electron chi connectivity index (χ2n) is 3.97. The monoisotopic (exact) mass is 269 g/mol. The summed E-state index contributed by atoms with van der Waals surface area (Å²) in [6, 6.07) is 15.1. The minimum atomic E-state index is -0.845. The Morgan fingerprint density at radius 1 is 1.15 bits per heavy atom. The number of aromatic hydroxyl groups is 1. The number of carbonyl (C=O) groups is 1. The zero-order valence-electron chi connectivity index (χ0n) is 11.1. The van der Waals surface area contributed by atoms with Gasteiger partial charge in [0.1, 0.15) is 5.75 Å². The molecule has 0 atom stereocenters. The van der Waals surface area contributed by atoms with Crippen molar-refractivity contribution in [2.75, 3.05) is 0 Å². The lowest BCUT2D eigenvalue weighted by atomic mass is 10.1. The van der Waals surface area contributed by atoms with E-state index in [2.05, 4.69) is 0 Å². The molecule has 4 heteroatoms. The molecule has 2 aromatic carbocycles. The van der Waals surface area contributed by atoms with E-state index in [0.717, 1.165) is 12.0 Å². The van der Waals surface area contributed by atoms with Gasteiger partial charge in [-0.25, -0.2) is 4.79 Å². The maximum atomic E-state index is 10.6. The molecule has 0 heterocycles. The number of nitrogens with zero attached hydrogens (tertiary/aromatic N) is 1. The predicted octanol–water partition coefficient (Wildman–Crippen LogP) is 3.21. The Morgan fingerprint density at radius 3 is 2.20 bits per heavy atom. The van der Waals surface area contributed by atoms with Crippen molar-refractivity contribution in [1.29, 1.82) is 5.26 Å². The van der Waals surface area contributed by atoms with E-state index in [0.29, 0.717) is 11.1 Å². The van der Waals surface area contributed by atoms with Crippen LogP contribution >= 0.6 is 0 Å². The Hall–Kier alpha value is -2.80. The zero-order valence-corrected chi connectivity index (χ0v) is 11.1. The summed E-state index contributed by atoms with van der Waals surface area (Å²) in [7, 11) is 0. The standard InChI is InChI=1S/C9H10O2.C7H5NO/c1-2-7-5-3-4-6-8(7)9(10)11;8-5-6-1-3-7(9)4-2-6/h3-6H,2H2,1H3,(H,10,11);1-4,9H. The van der Waals surface area contributed by atoms with Crippen LogP contribution in [0.15, 0.2) is 48.5 Å². The summed E-state index contributed by atoms with van der Waals surface area (Å²) >= 11 is 0. The van der Waals surface area contributed by atoms with Crippen LogP contribution < -0.4 is 0 Å². The molecule has 0 aliphatic heterocycles. The number of aromatic carboxylic acids is 1. The highest BCUT2D eigenvalue weighted by Crippen LogP contribution is 2.08. The molecule has 2 N–H and O–H groups in total. The molecule has 0 spiro atoms. The van der Waals surface area contributed by atoms with E-state index in [9.17, 15) is 4.79 Å². The van der Waals surface area contributed by atoms with E-state index in [1.807, 2.05) is 25.1 Å². The molecule has 4 nitrogen and oxygen atoms in total. The fourth-order valence-corrected chi connectivity index (χ4v) is 1.57. The quantitative estimate of drug-likeness (QED) is 0.877. The summed E-state index contributed by atoms with van der Waals surface area (Å²) in [6.07, 6.45) is 0.766. The van der Waals surface area contributed by atoms with Gasteiger partial charge in [0.25, 0.3) is 0 Å². The van der Waals surface area contributed by atoms with Gasteiger partial charge in [-0.05, 0) is 42.3 Å². The zero-order chi connectivity index (χ0) is 15.0. The van der Waals surface area contributed by atoms with E-state index >= 15 is 0 Å². The van der Waals surface area contributed by atoms with Crippen molar-refractivity contribution < 1.29 is 15.0 Å². The van der Waals surface area contributed by atoms with Crippen molar-refractivity contribution in [3.05, 3.63) is 65.2 Å². The lowest BCUT2D eigenvalue weighted by Crippen LogP contribution is -2.00. The van der Waals surface area contributed by atoms with Crippen molar-refractivity contribution in [2.45, 2.75) is 13.3 Å². The first-order valence-corrected chi connectivity index (χ1v) is 6.08. The molecule has 102 valence electrons. The molecule has 2 rings (SSSR count). The van der Waals surface area contributed by atoms with Crippen LogP contribution in [0.3, 0.4) is 0 Å². The number of carboxylic acid groups (broad SMARTS) is 1. The molecule has 2 aromatic rings. The SMILES string of the molecule is CCc1ccccc1C(=O)O.N#Cc1ccc(O)cc1. The molecule has 20 heavy (non-hydrogen) atoms. The number of phenols is 1. The van der Waals surface area contributed by atoms with Crippen LogP contribution in [0.4, 0.5) is 0 Å². The Kier molecular flexibility index (Phi) is 5.79. The largest absolute Gasteiger partial charge is 0.508 e. The minimum absolute atomic E-state index is 0.189. The second-order valence-corrected chi connectivity index (χ2v) is 3.97. The van der Waals surface area contributed by atoms with Crippen molar-refractivity contribution >= 4 is 5.97 Å². The molecule has 0 aliphatic rings. The molecule has 0 saturated carbocycles. The van der Waals surface area contributed by atoms with Crippen molar-refractivity contribution in [3.63, 3.8) is 0 Å². The Morgan fingerprint density at radius 2 is 1.75 bits per heavy atom. The summed E-state index contributed by atoms with van der Waals surface area (Å²) in [5.41, 5.74) is 1.86. The Bertz CT molecular complexity index is 612. The van der Waals surface area contributed by atoms with Crippen LogP contribution in [0.25, 0.3) is 0 Å². The van der Waals surface area contributed by atoms with Crippen LogP contribution in [-0.2, 0) is 6.42 Å². The van der Waals surface area contributed by atoms with E-state index in [1.54, 1.807) is 24.3 Å². The topological polar surface area (TPSA) is 81.3 Å². The first-order chi connectivity index (χ1) is 9.58. The van der Waals surface area contributed by atoms with Gasteiger partial charge in [-0.2, -0.15) is 5.26 Å². The third kappa shape index (κ3) is 4.46. The van der Waals surface area contributed by atoms with Gasteiger partial charge in [-0.3, -0.25) is 0 Å². The second kappa shape index (κ2) is 7.59. The molecule has 0 saturated heterocycles. The number of carboxylic acids is 1. The summed E-state index contributed by atoms with van der Waals surface area (Å²) in [5, 5.41) is 25.7. The lowest BCUT2D eigenvalue weighted by molar-refractivity contribution is 0.0695. The van der Waals surface area contributed by atoms with Crippen molar-refractivity contribution in [3.8, 4) is 11.8 Å². The fraction of sp³-hybridized carbons (Fsp3) is 0.125. The van der Waals surface area contributed by atoms with E-state index < -0.39 is 5.97 Å². The first-order valence-electron chi connectivity index (χ1n) is 6.08. The number of aryl methyl sites for hydroxylation is 1. The molecule has 0 bridgehead atoms. The molecular formula is C16H15NO3.